The summed E-state index contributed by atoms with van der Waals surface area (Å²) in [7, 11) is 0. The zero-order valence-electron chi connectivity index (χ0n) is 10.5. The molecule has 0 aliphatic rings. The van der Waals surface area contributed by atoms with Crippen molar-refractivity contribution in [1.29, 1.82) is 0 Å². The Hall–Kier alpha value is -2.03. The minimum Gasteiger partial charge on any atom is -0.459 e. The van der Waals surface area contributed by atoms with Crippen LogP contribution in [0.15, 0.2) is 36.4 Å². The van der Waals surface area contributed by atoms with Gasteiger partial charge >= 0.3 is 5.97 Å². The number of hydrogen-bond donors (Lipinski definition) is 0. The Morgan fingerprint density at radius 1 is 1.22 bits per heavy atom. The molecule has 0 saturated carbocycles. The Bertz CT molecular complexity index is 575. The van der Waals surface area contributed by atoms with E-state index >= 15 is 0 Å². The molecule has 3 heteroatoms. The van der Waals surface area contributed by atoms with Crippen LogP contribution in [0.4, 0.5) is 0 Å². The molecule has 2 aromatic carbocycles. The molecule has 0 heterocycles. The number of carbonyl (C=O) groups excluding carboxylic acids is 1. The minimum absolute atomic E-state index is 0.106. The third kappa shape index (κ3) is 2.30. The van der Waals surface area contributed by atoms with Crippen LogP contribution in [-0.2, 0) is 9.84 Å². The number of rotatable bonds is 3. The number of carbonyl (C=O) groups is 1. The molecule has 18 heavy (non-hydrogen) atoms. The molecule has 0 amide bonds. The van der Waals surface area contributed by atoms with E-state index in [4.69, 9.17) is 4.74 Å². The molecule has 0 aliphatic heterocycles. The van der Waals surface area contributed by atoms with Crippen molar-refractivity contribution in [2.75, 3.05) is 0 Å². The number of fused-ring (bicyclic) bond motifs is 1. The first kappa shape index (κ1) is 12.4. The van der Waals surface area contributed by atoms with Gasteiger partial charge in [0.2, 0.25) is 5.75 Å². The predicted octanol–water partition coefficient (Wildman–Crippen LogP) is 3.94. The van der Waals surface area contributed by atoms with E-state index in [1.807, 2.05) is 26.0 Å². The van der Waals surface area contributed by atoms with Gasteiger partial charge in [0.25, 0.3) is 0 Å². The lowest BCUT2D eigenvalue weighted by atomic mass is 10.1. The van der Waals surface area contributed by atoms with Crippen molar-refractivity contribution in [1.82, 2.24) is 0 Å². The fourth-order valence-electron chi connectivity index (χ4n) is 1.73. The highest BCUT2D eigenvalue weighted by molar-refractivity contribution is 6.01. The van der Waals surface area contributed by atoms with Crippen LogP contribution < -0.4 is 0 Å². The third-order valence-corrected chi connectivity index (χ3v) is 2.98. The lowest BCUT2D eigenvalue weighted by Crippen LogP contribution is -2.14. The monoisotopic (exact) mass is 243 g/mol. The molecule has 1 unspecified atom stereocenters. The molecule has 0 fully saturated rings. The standard InChI is InChI=1S/C15H15O3/c1-3-10(2)18-15(17)13-9-8-11-6-4-5-7-12(11)14(13)16/h4-10H,3H2,1-2H3. The maximum Gasteiger partial charge on any atom is 0.342 e. The van der Waals surface area contributed by atoms with Crippen LogP contribution in [0.3, 0.4) is 0 Å². The van der Waals surface area contributed by atoms with Crippen molar-refractivity contribution in [2.24, 2.45) is 0 Å². The lowest BCUT2D eigenvalue weighted by molar-refractivity contribution is 0.0330. The Balaban J connectivity index is 2.40. The van der Waals surface area contributed by atoms with Gasteiger partial charge in [-0.2, -0.15) is 0 Å². The Kier molecular flexibility index (Phi) is 3.51. The molecular formula is C15H15O3. The summed E-state index contributed by atoms with van der Waals surface area (Å²) in [5.74, 6) is -0.804. The number of esters is 1. The van der Waals surface area contributed by atoms with Crippen molar-refractivity contribution in [3.05, 3.63) is 42.0 Å². The van der Waals surface area contributed by atoms with E-state index in [0.29, 0.717) is 5.39 Å². The molecule has 0 saturated heterocycles. The van der Waals surface area contributed by atoms with Crippen molar-refractivity contribution in [2.45, 2.75) is 26.4 Å². The fourth-order valence-corrected chi connectivity index (χ4v) is 1.73. The average molecular weight is 243 g/mol. The largest absolute Gasteiger partial charge is 0.459 e. The fraction of sp³-hybridized carbons (Fsp3) is 0.267. The first-order valence-electron chi connectivity index (χ1n) is 6.03. The lowest BCUT2D eigenvalue weighted by Gasteiger charge is -2.11. The molecule has 0 aromatic heterocycles. The van der Waals surface area contributed by atoms with E-state index in [1.165, 1.54) is 6.07 Å². The Labute approximate surface area is 106 Å². The predicted molar refractivity (Wildman–Crippen MR) is 69.2 cm³/mol. The van der Waals surface area contributed by atoms with Crippen LogP contribution in [0, 0.1) is 0 Å². The van der Waals surface area contributed by atoms with Gasteiger partial charge in [-0.1, -0.05) is 37.3 Å². The molecule has 1 atom stereocenters. The summed E-state index contributed by atoms with van der Waals surface area (Å²) in [6.07, 6.45) is 0.552. The highest BCUT2D eigenvalue weighted by Gasteiger charge is 2.18. The summed E-state index contributed by atoms with van der Waals surface area (Å²) in [5, 5.41) is 13.5. The van der Waals surface area contributed by atoms with E-state index in [2.05, 4.69) is 0 Å². The average Bonchev–Trinajstić information content (AvgIpc) is 2.39. The Morgan fingerprint density at radius 3 is 2.67 bits per heavy atom. The van der Waals surface area contributed by atoms with E-state index in [9.17, 15) is 9.90 Å². The van der Waals surface area contributed by atoms with Gasteiger partial charge in [0.05, 0.1) is 6.10 Å². The first-order chi connectivity index (χ1) is 8.63. The number of benzene rings is 2. The summed E-state index contributed by atoms with van der Waals surface area (Å²) in [6, 6.07) is 10.5. The molecule has 0 bridgehead atoms. The molecule has 3 nitrogen and oxygen atoms in total. The van der Waals surface area contributed by atoms with Gasteiger partial charge < -0.3 is 4.74 Å². The summed E-state index contributed by atoms with van der Waals surface area (Å²) < 4.78 is 5.18. The highest BCUT2D eigenvalue weighted by atomic mass is 16.5. The zero-order chi connectivity index (χ0) is 13.1. The smallest absolute Gasteiger partial charge is 0.342 e. The summed E-state index contributed by atoms with van der Waals surface area (Å²) in [4.78, 5) is 11.9. The second-order valence-electron chi connectivity index (χ2n) is 4.29. The van der Waals surface area contributed by atoms with Gasteiger partial charge in [0, 0.05) is 5.39 Å². The highest BCUT2D eigenvalue weighted by Crippen LogP contribution is 2.29. The quantitative estimate of drug-likeness (QED) is 0.766. The van der Waals surface area contributed by atoms with E-state index < -0.39 is 5.97 Å². The van der Waals surface area contributed by atoms with Crippen LogP contribution in [0.25, 0.3) is 10.8 Å². The van der Waals surface area contributed by atoms with Gasteiger partial charge in [0.1, 0.15) is 5.56 Å². The minimum atomic E-state index is -0.542. The van der Waals surface area contributed by atoms with Crippen LogP contribution in [0.5, 0.6) is 5.75 Å². The van der Waals surface area contributed by atoms with E-state index in [0.717, 1.165) is 11.8 Å². The normalized spacial score (nSPS) is 12.3. The summed E-state index contributed by atoms with van der Waals surface area (Å²) in [5.41, 5.74) is 0.106. The number of ether oxygens (including phenoxy) is 1. The van der Waals surface area contributed by atoms with Gasteiger partial charge in [-0.25, -0.2) is 4.79 Å². The maximum absolute atomic E-state index is 12.1. The maximum atomic E-state index is 12.1. The zero-order valence-corrected chi connectivity index (χ0v) is 10.5. The van der Waals surface area contributed by atoms with Gasteiger partial charge in [-0.3, -0.25) is 5.11 Å². The third-order valence-electron chi connectivity index (χ3n) is 2.98. The second kappa shape index (κ2) is 5.08. The van der Waals surface area contributed by atoms with Gasteiger partial charge in [-0.05, 0) is 24.8 Å². The van der Waals surface area contributed by atoms with Crippen LogP contribution in [0.2, 0.25) is 0 Å². The molecule has 0 spiro atoms. The molecular weight excluding hydrogens is 228 g/mol. The van der Waals surface area contributed by atoms with Gasteiger partial charge in [0.15, 0.2) is 0 Å². The summed E-state index contributed by atoms with van der Waals surface area (Å²) >= 11 is 0. The number of hydrogen-bond acceptors (Lipinski definition) is 2. The van der Waals surface area contributed by atoms with Gasteiger partial charge in [-0.15, -0.1) is 0 Å². The van der Waals surface area contributed by atoms with Crippen LogP contribution in [-0.4, -0.2) is 12.1 Å². The molecule has 1 radical (unpaired) electrons. The topological polar surface area (TPSA) is 46.2 Å². The molecule has 2 aromatic rings. The second-order valence-corrected chi connectivity index (χ2v) is 4.29. The van der Waals surface area contributed by atoms with Crippen molar-refractivity contribution >= 4 is 16.7 Å². The van der Waals surface area contributed by atoms with Crippen LogP contribution in [0.1, 0.15) is 30.6 Å². The van der Waals surface area contributed by atoms with Crippen molar-refractivity contribution in [3.8, 4) is 5.75 Å². The molecule has 2 rings (SSSR count). The Morgan fingerprint density at radius 2 is 1.94 bits per heavy atom. The SMILES string of the molecule is CCC(C)OC(=O)c1ccc2ccccc2c1[O]. The summed E-state index contributed by atoms with van der Waals surface area (Å²) in [6.45, 7) is 3.74. The van der Waals surface area contributed by atoms with E-state index in [-0.39, 0.29) is 17.4 Å². The van der Waals surface area contributed by atoms with Crippen molar-refractivity contribution in [3.63, 3.8) is 0 Å². The van der Waals surface area contributed by atoms with Crippen LogP contribution >= 0.6 is 0 Å². The molecule has 93 valence electrons. The molecule has 0 aliphatic carbocycles. The van der Waals surface area contributed by atoms with E-state index in [1.54, 1.807) is 18.2 Å². The molecule has 0 N–H and O–H groups in total. The van der Waals surface area contributed by atoms with Crippen molar-refractivity contribution < 1.29 is 14.6 Å². The first-order valence-corrected chi connectivity index (χ1v) is 6.03.